The molecule has 0 saturated heterocycles. The third-order valence-electron chi connectivity index (χ3n) is 1.44. The van der Waals surface area contributed by atoms with Crippen LogP contribution in [0.1, 0.15) is 13.3 Å². The molecule has 1 atom stereocenters. The van der Waals surface area contributed by atoms with Crippen molar-refractivity contribution < 1.29 is 42.3 Å². The zero-order valence-electron chi connectivity index (χ0n) is 9.98. The van der Waals surface area contributed by atoms with Crippen molar-refractivity contribution in [3.8, 4) is 0 Å². The van der Waals surface area contributed by atoms with Crippen molar-refractivity contribution in [2.24, 2.45) is 0 Å². The van der Waals surface area contributed by atoms with Gasteiger partial charge in [-0.05, 0) is 6.92 Å². The zero-order chi connectivity index (χ0) is 15.6. The van der Waals surface area contributed by atoms with Gasteiger partial charge in [0.15, 0.2) is 5.25 Å². The summed E-state index contributed by atoms with van der Waals surface area (Å²) in [5.41, 5.74) is 0. The molecule has 110 valence electrons. The average molecular weight is 298 g/mol. The maximum Gasteiger partial charge on any atom is 0.327 e. The van der Waals surface area contributed by atoms with Crippen LogP contribution in [0.15, 0.2) is 12.7 Å². The van der Waals surface area contributed by atoms with E-state index in [1.807, 2.05) is 0 Å². The van der Waals surface area contributed by atoms with Crippen LogP contribution in [0, 0.1) is 0 Å². The van der Waals surface area contributed by atoms with Crippen LogP contribution in [0.3, 0.4) is 0 Å². The second-order valence-electron chi connectivity index (χ2n) is 2.90. The first-order chi connectivity index (χ1) is 8.56. The third-order valence-corrected chi connectivity index (χ3v) is 2.52. The van der Waals surface area contributed by atoms with E-state index in [-0.39, 0.29) is 6.61 Å². The Morgan fingerprint density at radius 1 is 1.32 bits per heavy atom. The summed E-state index contributed by atoms with van der Waals surface area (Å²) in [6.45, 7) is 4.30. The van der Waals surface area contributed by atoms with Gasteiger partial charge in [-0.1, -0.05) is 6.58 Å². The number of carbonyl (C=O) groups is 3. The maximum absolute atomic E-state index is 10.9. The van der Waals surface area contributed by atoms with Crippen molar-refractivity contribution in [1.29, 1.82) is 0 Å². The van der Waals surface area contributed by atoms with Crippen molar-refractivity contribution in [3.63, 3.8) is 0 Å². The fourth-order valence-electron chi connectivity index (χ4n) is 0.704. The van der Waals surface area contributed by atoms with E-state index >= 15 is 0 Å². The van der Waals surface area contributed by atoms with Crippen LogP contribution < -0.4 is 0 Å². The van der Waals surface area contributed by atoms with Gasteiger partial charge < -0.3 is 14.9 Å². The predicted octanol–water partition coefficient (Wildman–Crippen LogP) is -0.462. The smallest absolute Gasteiger partial charge is 0.327 e. The van der Waals surface area contributed by atoms with Crippen LogP contribution in [-0.2, 0) is 29.2 Å². The molecule has 0 aromatic rings. The number of aliphatic carboxylic acids is 2. The summed E-state index contributed by atoms with van der Waals surface area (Å²) < 4.78 is 34.0. The highest BCUT2D eigenvalue weighted by atomic mass is 32.2. The molecule has 0 aliphatic rings. The predicted molar refractivity (Wildman–Crippen MR) is 62.1 cm³/mol. The molecule has 0 aliphatic carbocycles. The second kappa shape index (κ2) is 9.05. The fourth-order valence-corrected chi connectivity index (χ4v) is 1.37. The van der Waals surface area contributed by atoms with Gasteiger partial charge in [0, 0.05) is 6.08 Å². The summed E-state index contributed by atoms with van der Waals surface area (Å²) in [5.74, 6) is -3.76. The molecule has 1 unspecified atom stereocenters. The Morgan fingerprint density at radius 2 is 1.74 bits per heavy atom. The van der Waals surface area contributed by atoms with Crippen LogP contribution in [0.5, 0.6) is 0 Å². The summed E-state index contributed by atoms with van der Waals surface area (Å²) in [6, 6.07) is 0. The van der Waals surface area contributed by atoms with Crippen molar-refractivity contribution in [3.05, 3.63) is 12.7 Å². The van der Waals surface area contributed by atoms with E-state index in [2.05, 4.69) is 11.3 Å². The number of carbonyl (C=O) groups excluding carboxylic acids is 1. The first-order valence-electron chi connectivity index (χ1n) is 4.76. The molecule has 0 spiro atoms. The minimum atomic E-state index is -4.74. The lowest BCUT2D eigenvalue weighted by atomic mass is 10.3. The van der Waals surface area contributed by atoms with E-state index in [0.717, 1.165) is 6.08 Å². The van der Waals surface area contributed by atoms with Crippen LogP contribution in [0.4, 0.5) is 0 Å². The SMILES string of the molecule is C=CC(=O)O.CCOC(=O)C(CC(=O)O)S(=O)(=O)O. The van der Waals surface area contributed by atoms with E-state index in [4.69, 9.17) is 14.8 Å². The molecule has 0 aromatic carbocycles. The molecule has 0 bridgehead atoms. The molecule has 0 amide bonds. The van der Waals surface area contributed by atoms with Crippen molar-refractivity contribution in [2.45, 2.75) is 18.6 Å². The van der Waals surface area contributed by atoms with Gasteiger partial charge in [0.05, 0.1) is 13.0 Å². The molecule has 0 heterocycles. The number of carboxylic acid groups (broad SMARTS) is 2. The van der Waals surface area contributed by atoms with Gasteiger partial charge in [0.2, 0.25) is 0 Å². The number of carboxylic acids is 2. The topological polar surface area (TPSA) is 155 Å². The highest BCUT2D eigenvalue weighted by Gasteiger charge is 2.34. The molecule has 0 rings (SSSR count). The lowest BCUT2D eigenvalue weighted by Gasteiger charge is -2.09. The number of hydrogen-bond donors (Lipinski definition) is 3. The molecule has 19 heavy (non-hydrogen) atoms. The Balaban J connectivity index is 0. The number of ether oxygens (including phenoxy) is 1. The molecule has 10 heteroatoms. The van der Waals surface area contributed by atoms with Gasteiger partial charge in [-0.15, -0.1) is 0 Å². The highest BCUT2D eigenvalue weighted by molar-refractivity contribution is 7.87. The van der Waals surface area contributed by atoms with E-state index in [9.17, 15) is 22.8 Å². The Morgan fingerprint density at radius 3 is 1.95 bits per heavy atom. The first-order valence-corrected chi connectivity index (χ1v) is 6.26. The molecule has 9 nitrogen and oxygen atoms in total. The Labute approximate surface area is 109 Å². The summed E-state index contributed by atoms with van der Waals surface area (Å²) in [5, 5.41) is 13.8. The summed E-state index contributed by atoms with van der Waals surface area (Å²) >= 11 is 0. The average Bonchev–Trinajstić information content (AvgIpc) is 2.25. The molecular formula is C9H14O9S. The molecule has 0 fully saturated rings. The normalized spacial score (nSPS) is 11.5. The fraction of sp³-hybridized carbons (Fsp3) is 0.444. The van der Waals surface area contributed by atoms with Gasteiger partial charge in [-0.3, -0.25) is 14.1 Å². The van der Waals surface area contributed by atoms with Crippen LogP contribution in [-0.4, -0.2) is 52.9 Å². The molecule has 0 aromatic heterocycles. The molecule has 0 saturated carbocycles. The Kier molecular flexibility index (Phi) is 9.24. The van der Waals surface area contributed by atoms with E-state index in [0.29, 0.717) is 0 Å². The van der Waals surface area contributed by atoms with Gasteiger partial charge in [0.25, 0.3) is 10.1 Å². The molecule has 0 radical (unpaired) electrons. The van der Waals surface area contributed by atoms with Gasteiger partial charge in [-0.2, -0.15) is 8.42 Å². The second-order valence-corrected chi connectivity index (χ2v) is 4.49. The van der Waals surface area contributed by atoms with Crippen molar-refractivity contribution >= 4 is 28.0 Å². The number of hydrogen-bond acceptors (Lipinski definition) is 6. The maximum atomic E-state index is 10.9. The number of esters is 1. The minimum absolute atomic E-state index is 0.0928. The third kappa shape index (κ3) is 10.9. The molecular weight excluding hydrogens is 284 g/mol. The van der Waals surface area contributed by atoms with Crippen LogP contribution >= 0.6 is 0 Å². The van der Waals surface area contributed by atoms with Crippen molar-refractivity contribution in [1.82, 2.24) is 0 Å². The Bertz CT molecular complexity index is 437. The van der Waals surface area contributed by atoms with Crippen LogP contribution in [0.25, 0.3) is 0 Å². The first kappa shape index (κ1) is 19.4. The van der Waals surface area contributed by atoms with Gasteiger partial charge >= 0.3 is 17.9 Å². The largest absolute Gasteiger partial charge is 0.481 e. The van der Waals surface area contributed by atoms with E-state index in [1.54, 1.807) is 0 Å². The standard InChI is InChI=1S/C6H10O7S.C3H4O2/c1-2-13-6(9)4(3-5(7)8)14(10,11)12;1-2-3(4)5/h4H,2-3H2,1H3,(H,7,8)(H,10,11,12);2H,1H2,(H,4,5). The van der Waals surface area contributed by atoms with Gasteiger partial charge in [0.1, 0.15) is 0 Å². The molecule has 0 aliphatic heterocycles. The summed E-state index contributed by atoms with van der Waals surface area (Å²) in [4.78, 5) is 30.3. The zero-order valence-corrected chi connectivity index (χ0v) is 10.8. The monoisotopic (exact) mass is 298 g/mol. The van der Waals surface area contributed by atoms with Crippen molar-refractivity contribution in [2.75, 3.05) is 6.61 Å². The van der Waals surface area contributed by atoms with E-state index in [1.165, 1.54) is 6.92 Å². The van der Waals surface area contributed by atoms with E-state index < -0.39 is 39.7 Å². The quantitative estimate of drug-likeness (QED) is 0.335. The highest BCUT2D eigenvalue weighted by Crippen LogP contribution is 2.06. The lowest BCUT2D eigenvalue weighted by molar-refractivity contribution is -0.147. The minimum Gasteiger partial charge on any atom is -0.481 e. The number of rotatable bonds is 6. The Hall–Kier alpha value is -1.94. The van der Waals surface area contributed by atoms with Crippen LogP contribution in [0.2, 0.25) is 0 Å². The molecule has 3 N–H and O–H groups in total. The lowest BCUT2D eigenvalue weighted by Crippen LogP contribution is -2.33. The van der Waals surface area contributed by atoms with Gasteiger partial charge in [-0.25, -0.2) is 4.79 Å². The summed E-state index contributed by atoms with van der Waals surface area (Å²) in [6.07, 6.45) is -0.183. The summed E-state index contributed by atoms with van der Waals surface area (Å²) in [7, 11) is -4.74.